The fourth-order valence-corrected chi connectivity index (χ4v) is 0.939. The summed E-state index contributed by atoms with van der Waals surface area (Å²) in [5, 5.41) is 30.1. The van der Waals surface area contributed by atoms with Crippen molar-refractivity contribution in [2.75, 3.05) is 11.9 Å². The maximum Gasteiger partial charge on any atom is 0.271 e. The Morgan fingerprint density at radius 3 is 2.79 bits per heavy atom. The van der Waals surface area contributed by atoms with Crippen molar-refractivity contribution in [3.63, 3.8) is 0 Å². The lowest BCUT2D eigenvalue weighted by Crippen LogP contribution is -2.18. The van der Waals surface area contributed by atoms with Crippen LogP contribution < -0.4 is 5.32 Å². The van der Waals surface area contributed by atoms with Gasteiger partial charge in [0.2, 0.25) is 0 Å². The number of nitro benzene ring substituents is 1. The smallest absolute Gasteiger partial charge is 0.271 e. The van der Waals surface area contributed by atoms with Crippen LogP contribution in [-0.2, 0) is 0 Å². The Bertz CT molecular complexity index is 327. The number of nitrogens with one attached hydrogen (secondary N) is 1. The zero-order valence-corrected chi connectivity index (χ0v) is 7.25. The number of rotatable bonds is 4. The number of benzene rings is 1. The summed E-state index contributed by atoms with van der Waals surface area (Å²) in [7, 11) is 0. The Morgan fingerprint density at radius 2 is 2.21 bits per heavy atom. The van der Waals surface area contributed by atoms with Gasteiger partial charge in [-0.1, -0.05) is 6.07 Å². The predicted octanol–water partition coefficient (Wildman–Crippen LogP) is 0.317. The van der Waals surface area contributed by atoms with Gasteiger partial charge in [0, 0.05) is 17.8 Å². The highest BCUT2D eigenvalue weighted by Gasteiger charge is 2.05. The molecular formula is C8H10N2O4. The number of nitro groups is 1. The van der Waals surface area contributed by atoms with Crippen molar-refractivity contribution in [2.45, 2.75) is 6.29 Å². The van der Waals surface area contributed by atoms with Crippen LogP contribution in [0.5, 0.6) is 0 Å². The molecular weight excluding hydrogens is 188 g/mol. The average molecular weight is 198 g/mol. The van der Waals surface area contributed by atoms with Crippen LogP contribution in [0.25, 0.3) is 0 Å². The van der Waals surface area contributed by atoms with E-state index < -0.39 is 11.2 Å². The van der Waals surface area contributed by atoms with Gasteiger partial charge in [-0.3, -0.25) is 10.1 Å². The highest BCUT2D eigenvalue weighted by molar-refractivity contribution is 5.50. The van der Waals surface area contributed by atoms with Crippen LogP contribution in [0.1, 0.15) is 0 Å². The van der Waals surface area contributed by atoms with Gasteiger partial charge in [0.1, 0.15) is 0 Å². The summed E-state index contributed by atoms with van der Waals surface area (Å²) in [5.74, 6) is 0. The molecule has 0 aliphatic heterocycles. The van der Waals surface area contributed by atoms with Crippen LogP contribution >= 0.6 is 0 Å². The second-order valence-electron chi connectivity index (χ2n) is 2.67. The van der Waals surface area contributed by atoms with Crippen molar-refractivity contribution < 1.29 is 15.1 Å². The lowest BCUT2D eigenvalue weighted by Gasteiger charge is -2.06. The van der Waals surface area contributed by atoms with Crippen LogP contribution in [0.3, 0.4) is 0 Å². The Morgan fingerprint density at radius 1 is 1.50 bits per heavy atom. The van der Waals surface area contributed by atoms with E-state index in [9.17, 15) is 10.1 Å². The number of non-ortho nitro benzene ring substituents is 1. The molecule has 76 valence electrons. The first-order chi connectivity index (χ1) is 6.59. The van der Waals surface area contributed by atoms with E-state index >= 15 is 0 Å². The summed E-state index contributed by atoms with van der Waals surface area (Å²) < 4.78 is 0. The molecule has 6 heteroatoms. The van der Waals surface area contributed by atoms with Gasteiger partial charge in [-0.25, -0.2) is 0 Å². The molecule has 14 heavy (non-hydrogen) atoms. The standard InChI is InChI=1S/C8H10N2O4/c11-8(12)5-9-6-2-1-3-7(4-6)10(13)14/h1-4,8-9,11-12H,5H2. The first-order valence-corrected chi connectivity index (χ1v) is 3.94. The van der Waals surface area contributed by atoms with Crippen molar-refractivity contribution >= 4 is 11.4 Å². The Labute approximate surface area is 80.0 Å². The number of aliphatic hydroxyl groups is 2. The van der Waals surface area contributed by atoms with Crippen LogP contribution in [0, 0.1) is 10.1 Å². The van der Waals surface area contributed by atoms with E-state index in [2.05, 4.69) is 5.32 Å². The largest absolute Gasteiger partial charge is 0.380 e. The molecule has 0 saturated carbocycles. The first kappa shape index (κ1) is 10.4. The topological polar surface area (TPSA) is 95.6 Å². The van der Waals surface area contributed by atoms with Crippen LogP contribution in [-0.4, -0.2) is 28.0 Å². The quantitative estimate of drug-likeness (QED) is 0.368. The average Bonchev–Trinajstić information content (AvgIpc) is 2.15. The summed E-state index contributed by atoms with van der Waals surface area (Å²) >= 11 is 0. The minimum atomic E-state index is -1.48. The molecule has 3 N–H and O–H groups in total. The summed E-state index contributed by atoms with van der Waals surface area (Å²) in [4.78, 5) is 9.86. The van der Waals surface area contributed by atoms with Crippen LogP contribution in [0.2, 0.25) is 0 Å². The van der Waals surface area contributed by atoms with Crippen molar-refractivity contribution in [1.29, 1.82) is 0 Å². The zero-order valence-electron chi connectivity index (χ0n) is 7.25. The first-order valence-electron chi connectivity index (χ1n) is 3.94. The van der Waals surface area contributed by atoms with Crippen molar-refractivity contribution in [2.24, 2.45) is 0 Å². The molecule has 6 nitrogen and oxygen atoms in total. The fourth-order valence-electron chi connectivity index (χ4n) is 0.939. The highest BCUT2D eigenvalue weighted by atomic mass is 16.6. The number of hydrogen-bond acceptors (Lipinski definition) is 5. The van der Waals surface area contributed by atoms with Gasteiger partial charge in [-0.15, -0.1) is 0 Å². The lowest BCUT2D eigenvalue weighted by atomic mass is 10.3. The maximum absolute atomic E-state index is 10.4. The minimum Gasteiger partial charge on any atom is -0.380 e. The molecule has 0 aromatic heterocycles. The van der Waals surface area contributed by atoms with E-state index in [1.807, 2.05) is 0 Å². The number of nitrogens with zero attached hydrogens (tertiary/aromatic N) is 1. The molecule has 0 unspecified atom stereocenters. The minimum absolute atomic E-state index is 0.0394. The molecule has 0 aliphatic rings. The molecule has 0 radical (unpaired) electrons. The molecule has 0 atom stereocenters. The lowest BCUT2D eigenvalue weighted by molar-refractivity contribution is -0.384. The van der Waals surface area contributed by atoms with Gasteiger partial charge in [0.05, 0.1) is 11.5 Å². The predicted molar refractivity (Wildman–Crippen MR) is 49.8 cm³/mol. The van der Waals surface area contributed by atoms with E-state index in [1.165, 1.54) is 18.2 Å². The molecule has 0 amide bonds. The Hall–Kier alpha value is -1.66. The second kappa shape index (κ2) is 4.54. The summed E-state index contributed by atoms with van der Waals surface area (Å²) in [6.45, 7) is -0.0683. The molecule has 0 saturated heterocycles. The zero-order chi connectivity index (χ0) is 10.6. The third-order valence-corrected chi connectivity index (χ3v) is 1.55. The Balaban J connectivity index is 2.69. The summed E-state index contributed by atoms with van der Waals surface area (Å²) in [6, 6.07) is 5.81. The van der Waals surface area contributed by atoms with E-state index in [4.69, 9.17) is 10.2 Å². The van der Waals surface area contributed by atoms with Gasteiger partial charge in [-0.2, -0.15) is 0 Å². The SMILES string of the molecule is O=[N+]([O-])c1cccc(NCC(O)O)c1. The maximum atomic E-state index is 10.4. The highest BCUT2D eigenvalue weighted by Crippen LogP contribution is 2.16. The van der Waals surface area contributed by atoms with Gasteiger partial charge >= 0.3 is 0 Å². The van der Waals surface area contributed by atoms with Crippen molar-refractivity contribution in [3.8, 4) is 0 Å². The van der Waals surface area contributed by atoms with Crippen LogP contribution in [0.15, 0.2) is 24.3 Å². The van der Waals surface area contributed by atoms with Gasteiger partial charge < -0.3 is 15.5 Å². The number of hydrogen-bond donors (Lipinski definition) is 3. The van der Waals surface area contributed by atoms with E-state index in [1.54, 1.807) is 6.07 Å². The molecule has 0 spiro atoms. The molecule has 0 bridgehead atoms. The normalized spacial score (nSPS) is 10.2. The molecule has 1 rings (SSSR count). The van der Waals surface area contributed by atoms with E-state index in [0.29, 0.717) is 5.69 Å². The summed E-state index contributed by atoms with van der Waals surface area (Å²) in [6.07, 6.45) is -1.48. The molecule has 0 fully saturated rings. The molecule has 1 aromatic carbocycles. The number of anilines is 1. The fraction of sp³-hybridized carbons (Fsp3) is 0.250. The van der Waals surface area contributed by atoms with Gasteiger partial charge in [0.15, 0.2) is 6.29 Å². The van der Waals surface area contributed by atoms with E-state index in [-0.39, 0.29) is 12.2 Å². The van der Waals surface area contributed by atoms with Crippen molar-refractivity contribution in [3.05, 3.63) is 34.4 Å². The molecule has 1 aromatic rings. The molecule has 0 heterocycles. The number of aliphatic hydroxyl groups excluding tert-OH is 1. The van der Waals surface area contributed by atoms with Crippen molar-refractivity contribution in [1.82, 2.24) is 0 Å². The van der Waals surface area contributed by atoms with Gasteiger partial charge in [-0.05, 0) is 6.07 Å². The van der Waals surface area contributed by atoms with Gasteiger partial charge in [0.25, 0.3) is 5.69 Å². The second-order valence-corrected chi connectivity index (χ2v) is 2.67. The van der Waals surface area contributed by atoms with E-state index in [0.717, 1.165) is 0 Å². The van der Waals surface area contributed by atoms with Crippen LogP contribution in [0.4, 0.5) is 11.4 Å². The third kappa shape index (κ3) is 3.00. The summed E-state index contributed by atoms with van der Waals surface area (Å²) in [5.41, 5.74) is 0.440. The third-order valence-electron chi connectivity index (χ3n) is 1.55. The monoisotopic (exact) mass is 198 g/mol. The molecule has 0 aliphatic carbocycles. The Kier molecular flexibility index (Phi) is 3.38.